The molecule has 2 aromatic rings. The number of hydrogen-bond acceptors (Lipinski definition) is 3. The lowest BCUT2D eigenvalue weighted by Gasteiger charge is -2.41. The molecule has 5 heteroatoms. The van der Waals surface area contributed by atoms with Crippen LogP contribution in [0.15, 0.2) is 48.5 Å². The molecule has 3 unspecified atom stereocenters. The summed E-state index contributed by atoms with van der Waals surface area (Å²) in [5.41, 5.74) is 9.90. The predicted molar refractivity (Wildman–Crippen MR) is 119 cm³/mol. The van der Waals surface area contributed by atoms with Crippen molar-refractivity contribution < 1.29 is 9.59 Å². The Morgan fingerprint density at radius 1 is 1.10 bits per heavy atom. The quantitative estimate of drug-likeness (QED) is 0.690. The van der Waals surface area contributed by atoms with Gasteiger partial charge in [-0.1, -0.05) is 51.0 Å². The molecule has 1 saturated heterocycles. The first-order valence-corrected chi connectivity index (χ1v) is 11.1. The van der Waals surface area contributed by atoms with Crippen LogP contribution < -0.4 is 16.2 Å². The van der Waals surface area contributed by atoms with E-state index in [-0.39, 0.29) is 23.8 Å². The van der Waals surface area contributed by atoms with Crippen LogP contribution in [0.25, 0.3) is 0 Å². The number of rotatable bonds is 5. The third-order valence-corrected chi connectivity index (χ3v) is 6.53. The molecule has 158 valence electrons. The smallest absolute Gasteiger partial charge is 0.255 e. The number of carbonyl (C=O) groups is 2. The number of benzene rings is 2. The molecule has 1 heterocycles. The van der Waals surface area contributed by atoms with E-state index in [1.807, 2.05) is 30.3 Å². The second-order valence-corrected chi connectivity index (χ2v) is 8.93. The Balaban J connectivity index is 1.43. The van der Waals surface area contributed by atoms with E-state index in [0.717, 1.165) is 36.9 Å². The highest BCUT2D eigenvalue weighted by Gasteiger charge is 2.39. The first-order valence-electron chi connectivity index (χ1n) is 11.1. The van der Waals surface area contributed by atoms with Gasteiger partial charge in [-0.3, -0.25) is 15.0 Å². The topological polar surface area (TPSA) is 70.2 Å². The zero-order valence-corrected chi connectivity index (χ0v) is 17.8. The normalized spacial score (nSPS) is 23.6. The molecule has 30 heavy (non-hydrogen) atoms. The molecule has 0 bridgehead atoms. The van der Waals surface area contributed by atoms with Gasteiger partial charge in [0.15, 0.2) is 0 Å². The van der Waals surface area contributed by atoms with E-state index in [9.17, 15) is 9.59 Å². The van der Waals surface area contributed by atoms with E-state index < -0.39 is 0 Å². The molecule has 0 aromatic heterocycles. The van der Waals surface area contributed by atoms with Gasteiger partial charge in [0.2, 0.25) is 5.91 Å². The third-order valence-electron chi connectivity index (χ3n) is 6.53. The van der Waals surface area contributed by atoms with Crippen LogP contribution in [-0.4, -0.2) is 17.9 Å². The molecule has 3 atom stereocenters. The number of hydrazine groups is 1. The van der Waals surface area contributed by atoms with Gasteiger partial charge in [-0.15, -0.1) is 0 Å². The Morgan fingerprint density at radius 3 is 2.63 bits per heavy atom. The fourth-order valence-corrected chi connectivity index (χ4v) is 4.78. The Morgan fingerprint density at radius 2 is 1.87 bits per heavy atom. The van der Waals surface area contributed by atoms with Crippen molar-refractivity contribution in [1.29, 1.82) is 0 Å². The second-order valence-electron chi connectivity index (χ2n) is 8.93. The first-order chi connectivity index (χ1) is 14.5. The summed E-state index contributed by atoms with van der Waals surface area (Å²) < 4.78 is 0. The number of fused-ring (bicyclic) bond motifs is 1. The van der Waals surface area contributed by atoms with Crippen molar-refractivity contribution in [3.8, 4) is 0 Å². The van der Waals surface area contributed by atoms with Crippen LogP contribution in [0.4, 0.5) is 5.69 Å². The van der Waals surface area contributed by atoms with E-state index in [1.54, 1.807) is 0 Å². The predicted octanol–water partition coefficient (Wildman–Crippen LogP) is 4.41. The summed E-state index contributed by atoms with van der Waals surface area (Å²) in [6, 6.07) is 16.0. The monoisotopic (exact) mass is 405 g/mol. The summed E-state index contributed by atoms with van der Waals surface area (Å²) in [4.78, 5) is 24.9. The van der Waals surface area contributed by atoms with Gasteiger partial charge in [-0.25, -0.2) is 5.43 Å². The number of carbonyl (C=O) groups excluding carboxylic acids is 2. The van der Waals surface area contributed by atoms with E-state index in [0.29, 0.717) is 17.4 Å². The van der Waals surface area contributed by atoms with Crippen molar-refractivity contribution in [2.24, 2.45) is 11.8 Å². The van der Waals surface area contributed by atoms with Gasteiger partial charge in [0.1, 0.15) is 0 Å². The van der Waals surface area contributed by atoms with Crippen molar-refractivity contribution >= 4 is 17.5 Å². The summed E-state index contributed by atoms with van der Waals surface area (Å²) in [7, 11) is 0. The molecule has 2 fully saturated rings. The van der Waals surface area contributed by atoms with E-state index in [1.165, 1.54) is 12.0 Å². The molecule has 5 nitrogen and oxygen atoms in total. The lowest BCUT2D eigenvalue weighted by Crippen LogP contribution is -2.60. The first kappa shape index (κ1) is 20.6. The minimum atomic E-state index is -0.102. The van der Waals surface area contributed by atoms with Crippen molar-refractivity contribution in [3.63, 3.8) is 0 Å². The molecule has 0 spiro atoms. The average molecular weight is 406 g/mol. The second kappa shape index (κ2) is 9.00. The zero-order chi connectivity index (χ0) is 21.1. The number of nitrogens with one attached hydrogen (secondary N) is 3. The molecular formula is C25H31N3O2. The summed E-state index contributed by atoms with van der Waals surface area (Å²) in [6.45, 7) is 4.31. The standard InChI is InChI=1S/C25H31N3O2/c1-16(2)18-10-12-20(13-11-18)26-24(29)19-7-5-6-17(14-19)15-23-21-8-3-4-9-22(21)25(30)28-27-23/h5-7,10-14,16,21-23,27H,3-4,8-9,15H2,1-2H3,(H,26,29)(H,28,30). The van der Waals surface area contributed by atoms with E-state index in [4.69, 9.17) is 0 Å². The Hall–Kier alpha value is -2.66. The Kier molecular flexibility index (Phi) is 6.18. The maximum Gasteiger partial charge on any atom is 0.255 e. The number of anilines is 1. The molecule has 1 aliphatic carbocycles. The fraction of sp³-hybridized carbons (Fsp3) is 0.440. The van der Waals surface area contributed by atoms with Crippen molar-refractivity contribution in [3.05, 3.63) is 65.2 Å². The highest BCUT2D eigenvalue weighted by molar-refractivity contribution is 6.04. The summed E-state index contributed by atoms with van der Waals surface area (Å²) in [6.07, 6.45) is 5.18. The van der Waals surface area contributed by atoms with Crippen LogP contribution >= 0.6 is 0 Å². The Bertz CT molecular complexity index is 907. The fourth-order valence-electron chi connectivity index (χ4n) is 4.78. The average Bonchev–Trinajstić information content (AvgIpc) is 2.76. The summed E-state index contributed by atoms with van der Waals surface area (Å²) in [5, 5.41) is 2.99. The van der Waals surface area contributed by atoms with Crippen LogP contribution in [0.5, 0.6) is 0 Å². The third kappa shape index (κ3) is 4.57. The van der Waals surface area contributed by atoms with Crippen molar-refractivity contribution in [2.45, 2.75) is 57.9 Å². The van der Waals surface area contributed by atoms with Crippen molar-refractivity contribution in [2.75, 3.05) is 5.32 Å². The van der Waals surface area contributed by atoms with E-state index >= 15 is 0 Å². The summed E-state index contributed by atoms with van der Waals surface area (Å²) in [5.74, 6) is 0.977. The van der Waals surface area contributed by atoms with E-state index in [2.05, 4.69) is 48.2 Å². The lowest BCUT2D eigenvalue weighted by molar-refractivity contribution is -0.133. The molecule has 3 N–H and O–H groups in total. The van der Waals surface area contributed by atoms with Gasteiger partial charge < -0.3 is 5.32 Å². The molecule has 0 radical (unpaired) electrons. The molecule has 2 aromatic carbocycles. The highest BCUT2D eigenvalue weighted by Crippen LogP contribution is 2.35. The molecule has 1 saturated carbocycles. The molecule has 1 aliphatic heterocycles. The number of hydrogen-bond donors (Lipinski definition) is 3. The number of amides is 2. The van der Waals surface area contributed by atoms with Crippen LogP contribution in [0, 0.1) is 11.8 Å². The van der Waals surface area contributed by atoms with Gasteiger partial charge in [0.05, 0.1) is 0 Å². The summed E-state index contributed by atoms with van der Waals surface area (Å²) >= 11 is 0. The van der Waals surface area contributed by atoms with Gasteiger partial charge in [0, 0.05) is 23.2 Å². The Labute approximate surface area is 178 Å². The van der Waals surface area contributed by atoms with Gasteiger partial charge >= 0.3 is 0 Å². The minimum absolute atomic E-state index is 0.102. The largest absolute Gasteiger partial charge is 0.322 e. The SMILES string of the molecule is CC(C)c1ccc(NC(=O)c2cccc(CC3NNC(=O)C4CCCCC34)c2)cc1. The van der Waals surface area contributed by atoms with Gasteiger partial charge in [-0.2, -0.15) is 0 Å². The lowest BCUT2D eigenvalue weighted by atomic mass is 9.72. The van der Waals surface area contributed by atoms with Crippen molar-refractivity contribution in [1.82, 2.24) is 10.9 Å². The zero-order valence-electron chi connectivity index (χ0n) is 17.8. The van der Waals surface area contributed by atoms with Gasteiger partial charge in [0.25, 0.3) is 5.91 Å². The molecular weight excluding hydrogens is 374 g/mol. The molecule has 4 rings (SSSR count). The maximum absolute atomic E-state index is 12.8. The van der Waals surface area contributed by atoms with Crippen LogP contribution in [0.3, 0.4) is 0 Å². The molecule has 2 aliphatic rings. The molecule has 2 amide bonds. The van der Waals surface area contributed by atoms with Gasteiger partial charge in [-0.05, 0) is 66.5 Å². The maximum atomic E-state index is 12.8. The minimum Gasteiger partial charge on any atom is -0.322 e. The van der Waals surface area contributed by atoms with Crippen LogP contribution in [0.2, 0.25) is 0 Å². The highest BCUT2D eigenvalue weighted by atomic mass is 16.2. The van der Waals surface area contributed by atoms with Crippen LogP contribution in [0.1, 0.15) is 66.9 Å². The van der Waals surface area contributed by atoms with Crippen LogP contribution in [-0.2, 0) is 11.2 Å².